The predicted molar refractivity (Wildman–Crippen MR) is 82.8 cm³/mol. The normalized spacial score (nSPS) is 16.8. The maximum atomic E-state index is 5.53. The molecule has 0 aromatic carbocycles. The molecule has 1 aromatic rings. The van der Waals surface area contributed by atoms with E-state index in [1.165, 1.54) is 6.54 Å². The van der Waals surface area contributed by atoms with Crippen LogP contribution in [0.15, 0.2) is 0 Å². The number of anilines is 2. The van der Waals surface area contributed by atoms with E-state index < -0.39 is 0 Å². The lowest BCUT2D eigenvalue weighted by atomic mass is 10.2. The van der Waals surface area contributed by atoms with Crippen molar-refractivity contribution in [2.24, 2.45) is 11.8 Å². The van der Waals surface area contributed by atoms with E-state index >= 15 is 0 Å². The number of hydrazine groups is 1. The minimum atomic E-state index is 0.720. The van der Waals surface area contributed by atoms with Gasteiger partial charge in [-0.25, -0.2) is 15.8 Å². The first-order valence-electron chi connectivity index (χ1n) is 7.30. The Morgan fingerprint density at radius 1 is 1.15 bits per heavy atom. The number of nitrogens with two attached hydrogens (primary N) is 1. The molecule has 1 aliphatic heterocycles. The fraction of sp³-hybridized carbons (Fsp3) is 0.714. The van der Waals surface area contributed by atoms with Gasteiger partial charge in [-0.3, -0.25) is 4.90 Å². The highest BCUT2D eigenvalue weighted by Gasteiger charge is 2.21. The Kier molecular flexibility index (Phi) is 4.77. The van der Waals surface area contributed by atoms with Crippen molar-refractivity contribution in [1.82, 2.24) is 14.9 Å². The Labute approximate surface area is 121 Å². The monoisotopic (exact) mass is 278 g/mol. The van der Waals surface area contributed by atoms with Crippen LogP contribution in [0.1, 0.15) is 25.2 Å². The van der Waals surface area contributed by atoms with Gasteiger partial charge in [0, 0.05) is 38.3 Å². The highest BCUT2D eigenvalue weighted by molar-refractivity contribution is 5.58. The van der Waals surface area contributed by atoms with Crippen molar-refractivity contribution in [3.05, 3.63) is 11.4 Å². The molecule has 0 atom stereocenters. The minimum absolute atomic E-state index is 0.720. The van der Waals surface area contributed by atoms with Gasteiger partial charge in [-0.1, -0.05) is 13.8 Å². The quantitative estimate of drug-likeness (QED) is 0.636. The van der Waals surface area contributed by atoms with Crippen LogP contribution < -0.4 is 16.2 Å². The molecule has 3 N–H and O–H groups in total. The summed E-state index contributed by atoms with van der Waals surface area (Å²) in [5.41, 5.74) is 3.69. The van der Waals surface area contributed by atoms with Crippen LogP contribution >= 0.6 is 0 Å². The molecule has 2 heterocycles. The van der Waals surface area contributed by atoms with Crippen LogP contribution in [0.3, 0.4) is 0 Å². The standard InChI is InChI=1S/C14H26N6/c1-10(2)9-19-5-7-20(8-6-19)14-11(3)13(18-15)16-12(4)17-14/h10H,5-9,15H2,1-4H3,(H,16,17,18). The predicted octanol–water partition coefficient (Wildman–Crippen LogP) is 1.16. The van der Waals surface area contributed by atoms with E-state index in [9.17, 15) is 0 Å². The fourth-order valence-electron chi connectivity index (χ4n) is 2.72. The van der Waals surface area contributed by atoms with Crippen LogP contribution in [0.25, 0.3) is 0 Å². The summed E-state index contributed by atoms with van der Waals surface area (Å²) in [6.07, 6.45) is 0. The Hall–Kier alpha value is -1.40. The summed E-state index contributed by atoms with van der Waals surface area (Å²) >= 11 is 0. The van der Waals surface area contributed by atoms with E-state index in [0.717, 1.165) is 55.1 Å². The molecular formula is C14H26N6. The van der Waals surface area contributed by atoms with Crippen molar-refractivity contribution >= 4 is 11.6 Å². The summed E-state index contributed by atoms with van der Waals surface area (Å²) < 4.78 is 0. The molecule has 1 saturated heterocycles. The number of rotatable bonds is 4. The SMILES string of the molecule is Cc1nc(NN)c(C)c(N2CCN(CC(C)C)CC2)n1. The van der Waals surface area contributed by atoms with Crippen molar-refractivity contribution in [3.8, 4) is 0 Å². The Bertz CT molecular complexity index is 451. The second-order valence-corrected chi connectivity index (χ2v) is 5.89. The van der Waals surface area contributed by atoms with Crippen LogP contribution in [0.2, 0.25) is 0 Å². The molecule has 1 fully saturated rings. The lowest BCUT2D eigenvalue weighted by Crippen LogP contribution is -2.48. The van der Waals surface area contributed by atoms with Crippen molar-refractivity contribution in [3.63, 3.8) is 0 Å². The lowest BCUT2D eigenvalue weighted by molar-refractivity contribution is 0.231. The Morgan fingerprint density at radius 3 is 2.35 bits per heavy atom. The first-order valence-corrected chi connectivity index (χ1v) is 7.30. The highest BCUT2D eigenvalue weighted by atomic mass is 15.3. The number of nitrogens with one attached hydrogen (secondary N) is 1. The number of nitrogens with zero attached hydrogens (tertiary/aromatic N) is 4. The number of piperazine rings is 1. The number of aromatic nitrogens is 2. The van der Waals surface area contributed by atoms with E-state index in [-0.39, 0.29) is 0 Å². The van der Waals surface area contributed by atoms with E-state index in [0.29, 0.717) is 0 Å². The van der Waals surface area contributed by atoms with Gasteiger partial charge in [0.25, 0.3) is 0 Å². The van der Waals surface area contributed by atoms with Gasteiger partial charge in [0.1, 0.15) is 17.5 Å². The van der Waals surface area contributed by atoms with Gasteiger partial charge in [-0.15, -0.1) is 0 Å². The molecule has 0 amide bonds. The summed E-state index contributed by atoms with van der Waals surface area (Å²) in [5, 5.41) is 0. The fourth-order valence-corrected chi connectivity index (χ4v) is 2.72. The van der Waals surface area contributed by atoms with Crippen molar-refractivity contribution in [2.75, 3.05) is 43.0 Å². The van der Waals surface area contributed by atoms with Crippen LogP contribution in [-0.4, -0.2) is 47.6 Å². The molecule has 1 aromatic heterocycles. The van der Waals surface area contributed by atoms with Gasteiger partial charge in [-0.05, 0) is 19.8 Å². The topological polar surface area (TPSA) is 70.3 Å². The van der Waals surface area contributed by atoms with Gasteiger partial charge in [-0.2, -0.15) is 0 Å². The molecule has 6 heteroatoms. The van der Waals surface area contributed by atoms with Gasteiger partial charge in [0.2, 0.25) is 0 Å². The van der Waals surface area contributed by atoms with Gasteiger partial charge < -0.3 is 10.3 Å². The van der Waals surface area contributed by atoms with Crippen molar-refractivity contribution < 1.29 is 0 Å². The summed E-state index contributed by atoms with van der Waals surface area (Å²) in [6, 6.07) is 0. The molecule has 6 nitrogen and oxygen atoms in total. The molecule has 20 heavy (non-hydrogen) atoms. The maximum Gasteiger partial charge on any atom is 0.148 e. The molecule has 0 spiro atoms. The average molecular weight is 278 g/mol. The molecule has 0 bridgehead atoms. The number of hydrogen-bond acceptors (Lipinski definition) is 6. The summed E-state index contributed by atoms with van der Waals surface area (Å²) in [4.78, 5) is 13.8. The molecule has 1 aliphatic rings. The highest BCUT2D eigenvalue weighted by Crippen LogP contribution is 2.24. The first kappa shape index (κ1) is 15.0. The third kappa shape index (κ3) is 3.37. The summed E-state index contributed by atoms with van der Waals surface area (Å²) in [5.74, 6) is 8.73. The molecule has 0 saturated carbocycles. The minimum Gasteiger partial charge on any atom is -0.354 e. The number of nitrogen functional groups attached to an aromatic ring is 1. The third-order valence-electron chi connectivity index (χ3n) is 3.66. The Balaban J connectivity index is 2.09. The van der Waals surface area contributed by atoms with Gasteiger partial charge in [0.15, 0.2) is 0 Å². The van der Waals surface area contributed by atoms with Crippen molar-refractivity contribution in [2.45, 2.75) is 27.7 Å². The summed E-state index contributed by atoms with van der Waals surface area (Å²) in [6.45, 7) is 13.8. The molecule has 0 radical (unpaired) electrons. The van der Waals surface area contributed by atoms with Crippen LogP contribution in [0.5, 0.6) is 0 Å². The number of aryl methyl sites for hydroxylation is 1. The van der Waals surface area contributed by atoms with E-state index in [4.69, 9.17) is 5.84 Å². The molecule has 0 aliphatic carbocycles. The molecule has 2 rings (SSSR count). The summed E-state index contributed by atoms with van der Waals surface area (Å²) in [7, 11) is 0. The smallest absolute Gasteiger partial charge is 0.148 e. The molecule has 112 valence electrons. The maximum absolute atomic E-state index is 5.53. The number of hydrogen-bond donors (Lipinski definition) is 2. The average Bonchev–Trinajstić information content (AvgIpc) is 2.41. The van der Waals surface area contributed by atoms with Crippen LogP contribution in [-0.2, 0) is 0 Å². The first-order chi connectivity index (χ1) is 9.51. The largest absolute Gasteiger partial charge is 0.354 e. The lowest BCUT2D eigenvalue weighted by Gasteiger charge is -2.36. The van der Waals surface area contributed by atoms with E-state index in [1.54, 1.807) is 0 Å². The van der Waals surface area contributed by atoms with Gasteiger partial charge >= 0.3 is 0 Å². The van der Waals surface area contributed by atoms with Crippen LogP contribution in [0, 0.1) is 19.8 Å². The molecular weight excluding hydrogens is 252 g/mol. The second-order valence-electron chi connectivity index (χ2n) is 5.89. The second kappa shape index (κ2) is 6.37. The zero-order chi connectivity index (χ0) is 14.7. The van der Waals surface area contributed by atoms with E-state index in [2.05, 4.69) is 39.0 Å². The van der Waals surface area contributed by atoms with Crippen molar-refractivity contribution in [1.29, 1.82) is 0 Å². The zero-order valence-corrected chi connectivity index (χ0v) is 13.0. The van der Waals surface area contributed by atoms with E-state index in [1.807, 2.05) is 13.8 Å². The third-order valence-corrected chi connectivity index (χ3v) is 3.66. The zero-order valence-electron chi connectivity index (χ0n) is 13.0. The van der Waals surface area contributed by atoms with Gasteiger partial charge in [0.05, 0.1) is 0 Å². The molecule has 0 unspecified atom stereocenters. The van der Waals surface area contributed by atoms with Crippen LogP contribution in [0.4, 0.5) is 11.6 Å². The Morgan fingerprint density at radius 2 is 1.80 bits per heavy atom.